The van der Waals surface area contributed by atoms with Gasteiger partial charge in [-0.25, -0.2) is 0 Å². The first-order valence-electron chi connectivity index (χ1n) is 7.75. The molecule has 0 N–H and O–H groups in total. The van der Waals surface area contributed by atoms with Crippen molar-refractivity contribution in [1.82, 2.24) is 4.57 Å². The van der Waals surface area contributed by atoms with Crippen LogP contribution in [0.15, 0.2) is 29.2 Å². The van der Waals surface area contributed by atoms with E-state index in [4.69, 9.17) is 0 Å². The number of carbonyl (C=O) groups excluding carboxylic acids is 1. The van der Waals surface area contributed by atoms with E-state index in [0.29, 0.717) is 10.9 Å². The maximum Gasteiger partial charge on any atom is 0.164 e. The molecule has 3 nitrogen and oxygen atoms in total. The Morgan fingerprint density at radius 2 is 1.74 bits per heavy atom. The van der Waals surface area contributed by atoms with Gasteiger partial charge in [0.2, 0.25) is 0 Å². The van der Waals surface area contributed by atoms with Crippen LogP contribution in [-0.4, -0.2) is 10.4 Å². The van der Waals surface area contributed by atoms with Crippen molar-refractivity contribution in [2.45, 2.75) is 54.0 Å². The first-order valence-corrected chi connectivity index (χ1v) is 7.75. The molecule has 1 radical (unpaired) electrons. The van der Waals surface area contributed by atoms with Gasteiger partial charge in [0.05, 0.1) is 5.56 Å². The van der Waals surface area contributed by atoms with Crippen LogP contribution in [0.25, 0.3) is 10.9 Å². The van der Waals surface area contributed by atoms with Crippen LogP contribution in [0, 0.1) is 13.0 Å². The van der Waals surface area contributed by atoms with Gasteiger partial charge in [0.25, 0.3) is 0 Å². The topological polar surface area (TPSA) is 39.1 Å². The van der Waals surface area contributed by atoms with Crippen molar-refractivity contribution in [3.8, 4) is 0 Å². The molecule has 0 atom stereocenters. The minimum Gasteiger partial charge on any atom is -0.394 e. The smallest absolute Gasteiger partial charge is 0.164 e. The second-order valence-electron chi connectivity index (χ2n) is 5.04. The SMILES string of the molecule is CC.CC.[CH2-]C(C)(C)n1cc(C(C)=O)c(=O)c2ccc[c-]c21.[Y]. The predicted octanol–water partition coefficient (Wildman–Crippen LogP) is 4.62. The summed E-state index contributed by atoms with van der Waals surface area (Å²) in [6.07, 6.45) is 1.58. The van der Waals surface area contributed by atoms with Crippen LogP contribution in [0.5, 0.6) is 0 Å². The standard InChI is InChI=1S/C15H15NO2.2C2H6.Y/c1-10(17)12-9-16(15(2,3)4)13-8-6-5-7-11(13)14(12)18;2*1-2;/h5-7,9H,2H2,1,3-4H3;2*1-2H3;/q-2;;;. The Bertz CT molecular complexity index is 682. The summed E-state index contributed by atoms with van der Waals surface area (Å²) in [6, 6.07) is 8.25. The molecule has 0 saturated carbocycles. The number of para-hydroxylation sites is 1. The zero-order chi connectivity index (χ0) is 17.5. The monoisotopic (exact) mass is 390 g/mol. The molecule has 0 bridgehead atoms. The van der Waals surface area contributed by atoms with Gasteiger partial charge in [0, 0.05) is 38.9 Å². The molecular formula is C19H27NO2Y-2. The summed E-state index contributed by atoms with van der Waals surface area (Å²) in [4.78, 5) is 23.7. The number of ketones is 1. The minimum atomic E-state index is -0.464. The fourth-order valence-corrected chi connectivity index (χ4v) is 1.94. The van der Waals surface area contributed by atoms with Crippen LogP contribution in [-0.2, 0) is 38.2 Å². The molecule has 23 heavy (non-hydrogen) atoms. The second kappa shape index (κ2) is 10.9. The summed E-state index contributed by atoms with van der Waals surface area (Å²) >= 11 is 0. The number of rotatable bonds is 2. The molecule has 1 aromatic carbocycles. The van der Waals surface area contributed by atoms with Crippen molar-refractivity contribution >= 4 is 16.7 Å². The van der Waals surface area contributed by atoms with Crippen molar-refractivity contribution in [2.24, 2.45) is 0 Å². The molecule has 4 heteroatoms. The molecule has 0 aliphatic heterocycles. The van der Waals surface area contributed by atoms with Gasteiger partial charge in [-0.2, -0.15) is 24.3 Å². The quantitative estimate of drug-likeness (QED) is 0.554. The van der Waals surface area contributed by atoms with Crippen molar-refractivity contribution in [2.75, 3.05) is 0 Å². The van der Waals surface area contributed by atoms with Gasteiger partial charge < -0.3 is 16.3 Å². The van der Waals surface area contributed by atoms with E-state index in [2.05, 4.69) is 13.0 Å². The van der Waals surface area contributed by atoms with Gasteiger partial charge in [-0.1, -0.05) is 58.0 Å². The van der Waals surface area contributed by atoms with Crippen molar-refractivity contribution in [1.29, 1.82) is 0 Å². The number of benzene rings is 1. The Hall–Kier alpha value is -0.796. The van der Waals surface area contributed by atoms with Crippen molar-refractivity contribution < 1.29 is 37.5 Å². The molecule has 0 spiro atoms. The number of carbonyl (C=O) groups is 1. The average molecular weight is 390 g/mol. The summed E-state index contributed by atoms with van der Waals surface area (Å²) in [7, 11) is 0. The van der Waals surface area contributed by atoms with Crippen LogP contribution in [0.2, 0.25) is 0 Å². The summed E-state index contributed by atoms with van der Waals surface area (Å²) < 4.78 is 1.82. The number of nitrogens with zero attached hydrogens (tertiary/aromatic N) is 1. The molecule has 0 aliphatic carbocycles. The van der Waals surface area contributed by atoms with Gasteiger partial charge in [-0.15, -0.1) is 0 Å². The minimum absolute atomic E-state index is 0. The van der Waals surface area contributed by atoms with Gasteiger partial charge in [-0.05, 0) is 6.92 Å². The van der Waals surface area contributed by atoms with Crippen LogP contribution < -0.4 is 5.43 Å². The number of hydrogen-bond donors (Lipinski definition) is 0. The number of hydrogen-bond acceptors (Lipinski definition) is 2. The predicted molar refractivity (Wildman–Crippen MR) is 94.4 cm³/mol. The van der Waals surface area contributed by atoms with Gasteiger partial charge >= 0.3 is 0 Å². The second-order valence-corrected chi connectivity index (χ2v) is 5.04. The Labute approximate surface area is 165 Å². The summed E-state index contributed by atoms with van der Waals surface area (Å²) in [5.41, 5.74) is 0.162. The van der Waals surface area contributed by atoms with E-state index < -0.39 is 5.54 Å². The molecule has 0 fully saturated rings. The zero-order valence-corrected chi connectivity index (χ0v) is 18.2. The fraction of sp³-hybridized carbons (Fsp3) is 0.421. The van der Waals surface area contributed by atoms with Crippen LogP contribution in [0.3, 0.4) is 0 Å². The van der Waals surface area contributed by atoms with Gasteiger partial charge in [-0.3, -0.25) is 4.79 Å². The van der Waals surface area contributed by atoms with Crippen LogP contribution in [0.1, 0.15) is 58.8 Å². The molecule has 0 amide bonds. The number of pyridine rings is 1. The molecule has 0 aliphatic rings. The van der Waals surface area contributed by atoms with Gasteiger partial charge in [0.15, 0.2) is 5.78 Å². The first-order chi connectivity index (χ1) is 10.3. The molecule has 1 heterocycles. The third-order valence-electron chi connectivity index (χ3n) is 2.85. The summed E-state index contributed by atoms with van der Waals surface area (Å²) in [5.74, 6) is -0.233. The molecule has 0 saturated heterocycles. The van der Waals surface area contributed by atoms with Crippen LogP contribution in [0.4, 0.5) is 0 Å². The average Bonchev–Trinajstić information content (AvgIpc) is 2.50. The van der Waals surface area contributed by atoms with E-state index in [1.807, 2.05) is 46.1 Å². The Kier molecular flexibility index (Phi) is 11.6. The van der Waals surface area contributed by atoms with E-state index in [9.17, 15) is 9.59 Å². The van der Waals surface area contributed by atoms with Gasteiger partial charge in [0.1, 0.15) is 5.43 Å². The number of Topliss-reactive ketones (excluding diaryl/α,β-unsaturated/α-hetero) is 1. The Morgan fingerprint density at radius 3 is 2.17 bits per heavy atom. The first kappa shape index (κ1) is 24.5. The maximum absolute atomic E-state index is 12.2. The van der Waals surface area contributed by atoms with Crippen LogP contribution >= 0.6 is 0 Å². The van der Waals surface area contributed by atoms with E-state index in [0.717, 1.165) is 0 Å². The molecule has 2 aromatic rings. The third kappa shape index (κ3) is 5.97. The molecule has 1 aromatic heterocycles. The largest absolute Gasteiger partial charge is 0.394 e. The van der Waals surface area contributed by atoms with E-state index >= 15 is 0 Å². The van der Waals surface area contributed by atoms with E-state index in [-0.39, 0.29) is 49.5 Å². The number of aromatic nitrogens is 1. The van der Waals surface area contributed by atoms with E-state index in [1.165, 1.54) is 6.92 Å². The summed E-state index contributed by atoms with van der Waals surface area (Å²) in [5, 5.41) is 0.502. The summed E-state index contributed by atoms with van der Waals surface area (Å²) in [6.45, 7) is 17.3. The Morgan fingerprint density at radius 1 is 1.22 bits per heavy atom. The molecule has 2 rings (SSSR count). The normalized spacial score (nSPS) is 9.74. The molecule has 125 valence electrons. The number of fused-ring (bicyclic) bond motifs is 1. The Balaban J connectivity index is 0. The zero-order valence-electron chi connectivity index (χ0n) is 15.4. The fourth-order valence-electron chi connectivity index (χ4n) is 1.94. The third-order valence-corrected chi connectivity index (χ3v) is 2.85. The van der Waals surface area contributed by atoms with Crippen molar-refractivity contribution in [3.05, 3.63) is 53.2 Å². The van der Waals surface area contributed by atoms with E-state index in [1.54, 1.807) is 24.4 Å². The molecular weight excluding hydrogens is 363 g/mol. The molecule has 0 unspecified atom stereocenters. The van der Waals surface area contributed by atoms with Crippen molar-refractivity contribution in [3.63, 3.8) is 0 Å². The maximum atomic E-state index is 12.2.